The van der Waals surface area contributed by atoms with Gasteiger partial charge in [-0.2, -0.15) is 0 Å². The maximum absolute atomic E-state index is 10.2. The van der Waals surface area contributed by atoms with Crippen molar-refractivity contribution in [3.05, 3.63) is 12.2 Å². The van der Waals surface area contributed by atoms with E-state index in [0.29, 0.717) is 19.0 Å². The second kappa shape index (κ2) is 6.01. The van der Waals surface area contributed by atoms with Crippen LogP contribution in [0.4, 0.5) is 0 Å². The molecule has 0 saturated heterocycles. The zero-order valence-corrected chi connectivity index (χ0v) is 9.78. The second-order valence-electron chi connectivity index (χ2n) is 4.78. The van der Waals surface area contributed by atoms with Crippen molar-refractivity contribution < 1.29 is 15.0 Å². The van der Waals surface area contributed by atoms with Crippen molar-refractivity contribution in [2.24, 2.45) is 5.92 Å². The van der Waals surface area contributed by atoms with E-state index < -0.39 is 11.6 Å². The Morgan fingerprint density at radius 1 is 1.50 bits per heavy atom. The molecule has 0 radical (unpaired) electrons. The van der Waals surface area contributed by atoms with Crippen LogP contribution < -0.4 is 5.32 Å². The summed E-state index contributed by atoms with van der Waals surface area (Å²) in [6.45, 7) is 3.25. The maximum atomic E-state index is 10.2. The van der Waals surface area contributed by atoms with E-state index in [9.17, 15) is 9.90 Å². The summed E-state index contributed by atoms with van der Waals surface area (Å²) in [6.07, 6.45) is 6.48. The number of rotatable bonds is 5. The van der Waals surface area contributed by atoms with Gasteiger partial charge in [0.05, 0.1) is 5.60 Å². The number of carbonyl (C=O) groups is 1. The normalized spacial score (nSPS) is 30.8. The van der Waals surface area contributed by atoms with Crippen LogP contribution in [0.25, 0.3) is 0 Å². The van der Waals surface area contributed by atoms with Gasteiger partial charge in [-0.3, -0.25) is 0 Å². The molecule has 1 aliphatic carbocycles. The van der Waals surface area contributed by atoms with Crippen molar-refractivity contribution in [2.75, 3.05) is 13.1 Å². The number of carboxylic acids is 1. The van der Waals surface area contributed by atoms with Crippen molar-refractivity contribution in [3.8, 4) is 0 Å². The van der Waals surface area contributed by atoms with Crippen LogP contribution in [0, 0.1) is 5.92 Å². The summed E-state index contributed by atoms with van der Waals surface area (Å²) in [4.78, 5) is 10.2. The monoisotopic (exact) mass is 227 g/mol. The highest BCUT2D eigenvalue weighted by atomic mass is 16.4. The molecule has 1 aliphatic rings. The van der Waals surface area contributed by atoms with E-state index in [0.717, 1.165) is 31.8 Å². The summed E-state index contributed by atoms with van der Waals surface area (Å²) < 4.78 is 0. The van der Waals surface area contributed by atoms with Crippen LogP contribution >= 0.6 is 0 Å². The lowest BCUT2D eigenvalue weighted by atomic mass is 9.79. The van der Waals surface area contributed by atoms with Gasteiger partial charge in [-0.15, -0.1) is 0 Å². The summed E-state index contributed by atoms with van der Waals surface area (Å²) in [6, 6.07) is 0. The molecule has 0 bridgehead atoms. The number of hydrogen-bond acceptors (Lipinski definition) is 3. The fraction of sp³-hybridized carbons (Fsp3) is 0.750. The molecule has 1 fully saturated rings. The first-order chi connectivity index (χ1) is 7.52. The summed E-state index contributed by atoms with van der Waals surface area (Å²) in [5.41, 5.74) is -0.594. The van der Waals surface area contributed by atoms with E-state index >= 15 is 0 Å². The fourth-order valence-electron chi connectivity index (χ4n) is 2.02. The van der Waals surface area contributed by atoms with Gasteiger partial charge in [0, 0.05) is 19.2 Å². The largest absolute Gasteiger partial charge is 0.478 e. The third-order valence-corrected chi connectivity index (χ3v) is 3.18. The lowest BCUT2D eigenvalue weighted by molar-refractivity contribution is -0.131. The van der Waals surface area contributed by atoms with Crippen LogP contribution in [0.5, 0.6) is 0 Å². The third kappa shape index (κ3) is 4.77. The molecule has 1 saturated carbocycles. The highest BCUT2D eigenvalue weighted by Gasteiger charge is 2.30. The quantitative estimate of drug-likeness (QED) is 0.487. The Labute approximate surface area is 96.4 Å². The molecule has 0 unspecified atom stereocenters. The molecule has 4 heteroatoms. The van der Waals surface area contributed by atoms with Crippen molar-refractivity contribution in [1.82, 2.24) is 5.32 Å². The topological polar surface area (TPSA) is 69.6 Å². The number of aliphatic carboxylic acids is 1. The fourth-order valence-corrected chi connectivity index (χ4v) is 2.02. The van der Waals surface area contributed by atoms with E-state index in [1.54, 1.807) is 6.08 Å². The number of nitrogens with one attached hydrogen (secondary N) is 1. The van der Waals surface area contributed by atoms with Crippen molar-refractivity contribution in [2.45, 2.75) is 38.2 Å². The molecule has 92 valence electrons. The minimum absolute atomic E-state index is 0.490. The van der Waals surface area contributed by atoms with Crippen LogP contribution in [0.3, 0.4) is 0 Å². The molecule has 0 aliphatic heterocycles. The van der Waals surface area contributed by atoms with Gasteiger partial charge in [0.1, 0.15) is 0 Å². The van der Waals surface area contributed by atoms with Gasteiger partial charge in [-0.25, -0.2) is 4.79 Å². The van der Waals surface area contributed by atoms with Crippen LogP contribution in [0.2, 0.25) is 0 Å². The molecule has 0 aromatic carbocycles. The van der Waals surface area contributed by atoms with Gasteiger partial charge in [-0.05, 0) is 31.6 Å². The van der Waals surface area contributed by atoms with Crippen LogP contribution in [0.15, 0.2) is 12.2 Å². The summed E-state index contributed by atoms with van der Waals surface area (Å²) in [5.74, 6) is -0.223. The van der Waals surface area contributed by atoms with Gasteiger partial charge in [0.2, 0.25) is 0 Å². The van der Waals surface area contributed by atoms with E-state index in [-0.39, 0.29) is 0 Å². The SMILES string of the molecule is CC1CCC(O)(CNC/C=C/C(=O)O)CC1. The second-order valence-corrected chi connectivity index (χ2v) is 4.78. The molecular formula is C12H21NO3. The summed E-state index contributed by atoms with van der Waals surface area (Å²) in [5, 5.41) is 21.6. The van der Waals surface area contributed by atoms with E-state index in [2.05, 4.69) is 12.2 Å². The van der Waals surface area contributed by atoms with E-state index in [1.807, 2.05) is 0 Å². The standard InChI is InChI=1S/C12H21NO3/c1-10-4-6-12(16,7-5-10)9-13-8-2-3-11(14)15/h2-3,10,13,16H,4-9H2,1H3,(H,14,15)/b3-2+. The van der Waals surface area contributed by atoms with Crippen molar-refractivity contribution in [3.63, 3.8) is 0 Å². The third-order valence-electron chi connectivity index (χ3n) is 3.18. The minimum atomic E-state index is -0.938. The minimum Gasteiger partial charge on any atom is -0.478 e. The first-order valence-corrected chi connectivity index (χ1v) is 5.84. The maximum Gasteiger partial charge on any atom is 0.328 e. The Hall–Kier alpha value is -0.870. The predicted octanol–water partition coefficient (Wildman–Crippen LogP) is 1.16. The number of carboxylic acid groups (broad SMARTS) is 1. The average molecular weight is 227 g/mol. The van der Waals surface area contributed by atoms with Gasteiger partial charge < -0.3 is 15.5 Å². The zero-order valence-electron chi connectivity index (χ0n) is 9.78. The van der Waals surface area contributed by atoms with Crippen LogP contribution in [-0.2, 0) is 4.79 Å². The zero-order chi connectivity index (χ0) is 12.0. The van der Waals surface area contributed by atoms with Crippen molar-refractivity contribution >= 4 is 5.97 Å². The Morgan fingerprint density at radius 2 is 2.12 bits per heavy atom. The Kier molecular flexibility index (Phi) is 4.96. The van der Waals surface area contributed by atoms with Gasteiger partial charge in [-0.1, -0.05) is 13.0 Å². The van der Waals surface area contributed by atoms with Crippen LogP contribution in [0.1, 0.15) is 32.6 Å². The molecule has 4 nitrogen and oxygen atoms in total. The molecule has 0 spiro atoms. The van der Waals surface area contributed by atoms with Crippen molar-refractivity contribution in [1.29, 1.82) is 0 Å². The molecule has 0 aromatic heterocycles. The van der Waals surface area contributed by atoms with Gasteiger partial charge >= 0.3 is 5.97 Å². The molecular weight excluding hydrogens is 206 g/mol. The molecule has 1 rings (SSSR count). The Morgan fingerprint density at radius 3 is 2.69 bits per heavy atom. The lowest BCUT2D eigenvalue weighted by Crippen LogP contribution is -2.43. The molecule has 0 heterocycles. The summed E-state index contributed by atoms with van der Waals surface area (Å²) >= 11 is 0. The lowest BCUT2D eigenvalue weighted by Gasteiger charge is -2.35. The molecule has 0 atom stereocenters. The number of aliphatic hydroxyl groups is 1. The molecule has 0 aromatic rings. The highest BCUT2D eigenvalue weighted by Crippen LogP contribution is 2.31. The van der Waals surface area contributed by atoms with Gasteiger partial charge in [0.15, 0.2) is 0 Å². The number of hydrogen-bond donors (Lipinski definition) is 3. The predicted molar refractivity (Wildman–Crippen MR) is 62.2 cm³/mol. The molecule has 16 heavy (non-hydrogen) atoms. The summed E-state index contributed by atoms with van der Waals surface area (Å²) in [7, 11) is 0. The smallest absolute Gasteiger partial charge is 0.328 e. The van der Waals surface area contributed by atoms with E-state index in [4.69, 9.17) is 5.11 Å². The highest BCUT2D eigenvalue weighted by molar-refractivity contribution is 5.79. The Balaban J connectivity index is 2.19. The average Bonchev–Trinajstić information content (AvgIpc) is 2.22. The van der Waals surface area contributed by atoms with Crippen LogP contribution in [-0.4, -0.2) is 34.9 Å². The molecule has 3 N–H and O–H groups in total. The first-order valence-electron chi connectivity index (χ1n) is 5.84. The van der Waals surface area contributed by atoms with E-state index in [1.165, 1.54) is 0 Å². The van der Waals surface area contributed by atoms with Gasteiger partial charge in [0.25, 0.3) is 0 Å². The Bertz CT molecular complexity index is 255. The first kappa shape index (κ1) is 13.2. The molecule has 0 amide bonds.